The molecule has 3 unspecified atom stereocenters. The maximum absolute atomic E-state index is 6.10. The molecular formula is C13H23N3OS2. The van der Waals surface area contributed by atoms with Gasteiger partial charge in [-0.1, -0.05) is 25.9 Å². The van der Waals surface area contributed by atoms with Crippen LogP contribution in [0.4, 0.5) is 0 Å². The summed E-state index contributed by atoms with van der Waals surface area (Å²) in [6.45, 7) is 6.53. The van der Waals surface area contributed by atoms with E-state index >= 15 is 0 Å². The first-order chi connectivity index (χ1) is 9.11. The molecule has 1 aromatic rings. The molecule has 1 saturated heterocycles. The summed E-state index contributed by atoms with van der Waals surface area (Å²) in [4.78, 5) is 4.55. The molecule has 0 spiro atoms. The molecule has 4 nitrogen and oxygen atoms in total. The normalized spacial score (nSPS) is 25.7. The molecule has 1 fully saturated rings. The predicted molar refractivity (Wildman–Crippen MR) is 82.4 cm³/mol. The van der Waals surface area contributed by atoms with E-state index in [0.717, 1.165) is 24.4 Å². The van der Waals surface area contributed by atoms with Gasteiger partial charge in [0.2, 0.25) is 5.89 Å². The van der Waals surface area contributed by atoms with Gasteiger partial charge in [-0.05, 0) is 18.8 Å². The zero-order valence-electron chi connectivity index (χ0n) is 11.8. The summed E-state index contributed by atoms with van der Waals surface area (Å²) < 4.78 is 5.36. The molecule has 1 aliphatic heterocycles. The van der Waals surface area contributed by atoms with Crippen LogP contribution in [0.5, 0.6) is 0 Å². The Morgan fingerprint density at radius 3 is 2.79 bits per heavy atom. The fourth-order valence-corrected chi connectivity index (χ4v) is 5.25. The summed E-state index contributed by atoms with van der Waals surface area (Å²) in [5, 5.41) is 5.11. The van der Waals surface area contributed by atoms with Crippen molar-refractivity contribution in [3.05, 3.63) is 11.7 Å². The quantitative estimate of drug-likeness (QED) is 0.899. The molecule has 1 aliphatic rings. The lowest BCUT2D eigenvalue weighted by molar-refractivity contribution is 0.332. The molecule has 6 heteroatoms. The first-order valence-electron chi connectivity index (χ1n) is 6.94. The Balaban J connectivity index is 2.07. The van der Waals surface area contributed by atoms with E-state index in [2.05, 4.69) is 30.9 Å². The molecule has 2 rings (SSSR count). The Kier molecular flexibility index (Phi) is 5.59. The Bertz CT molecular complexity index is 397. The molecule has 3 atom stereocenters. The van der Waals surface area contributed by atoms with E-state index in [1.807, 2.05) is 23.5 Å². The Morgan fingerprint density at radius 1 is 1.37 bits per heavy atom. The second-order valence-corrected chi connectivity index (χ2v) is 7.93. The van der Waals surface area contributed by atoms with Gasteiger partial charge < -0.3 is 10.3 Å². The first-order valence-corrected chi connectivity index (χ1v) is 9.03. The average Bonchev–Trinajstić information content (AvgIpc) is 2.87. The number of hydrogen-bond donors (Lipinski definition) is 1. The van der Waals surface area contributed by atoms with Gasteiger partial charge >= 0.3 is 0 Å². The Morgan fingerprint density at radius 2 is 2.11 bits per heavy atom. The van der Waals surface area contributed by atoms with Crippen molar-refractivity contribution < 1.29 is 4.52 Å². The van der Waals surface area contributed by atoms with E-state index in [1.54, 1.807) is 0 Å². The van der Waals surface area contributed by atoms with E-state index in [1.165, 1.54) is 5.75 Å². The monoisotopic (exact) mass is 301 g/mol. The van der Waals surface area contributed by atoms with Gasteiger partial charge in [-0.3, -0.25) is 0 Å². The molecule has 0 aromatic carbocycles. The third-order valence-electron chi connectivity index (χ3n) is 3.21. The van der Waals surface area contributed by atoms with Crippen LogP contribution in [0.25, 0.3) is 0 Å². The van der Waals surface area contributed by atoms with Crippen LogP contribution in [0.2, 0.25) is 0 Å². The highest BCUT2D eigenvalue weighted by Gasteiger charge is 2.31. The second-order valence-electron chi connectivity index (χ2n) is 5.34. The van der Waals surface area contributed by atoms with Crippen LogP contribution < -0.4 is 5.73 Å². The minimum Gasteiger partial charge on any atom is -0.338 e. The van der Waals surface area contributed by atoms with E-state index < -0.39 is 0 Å². The average molecular weight is 301 g/mol. The number of nitrogens with two attached hydrogens (primary N) is 1. The van der Waals surface area contributed by atoms with Crippen molar-refractivity contribution in [2.45, 2.75) is 50.2 Å². The van der Waals surface area contributed by atoms with Crippen molar-refractivity contribution in [3.63, 3.8) is 0 Å². The maximum atomic E-state index is 6.10. The van der Waals surface area contributed by atoms with Crippen LogP contribution in [0.15, 0.2) is 4.52 Å². The third kappa shape index (κ3) is 3.89. The standard InChI is InChI=1S/C13H23N3OS2/c1-4-10-11(19-6-5-18-10)12-15-13(17-16-12)9(14)7-8(2)3/h8-11H,4-7,14H2,1-3H3. The number of nitrogens with zero attached hydrogens (tertiary/aromatic N) is 2. The van der Waals surface area contributed by atoms with Gasteiger partial charge in [0.05, 0.1) is 11.3 Å². The highest BCUT2D eigenvalue weighted by atomic mass is 32.2. The van der Waals surface area contributed by atoms with Crippen molar-refractivity contribution in [2.24, 2.45) is 11.7 Å². The largest absolute Gasteiger partial charge is 0.338 e. The van der Waals surface area contributed by atoms with Crippen molar-refractivity contribution >= 4 is 23.5 Å². The molecule has 0 saturated carbocycles. The van der Waals surface area contributed by atoms with Gasteiger partial charge in [-0.25, -0.2) is 0 Å². The van der Waals surface area contributed by atoms with Crippen molar-refractivity contribution in [3.8, 4) is 0 Å². The van der Waals surface area contributed by atoms with E-state index in [9.17, 15) is 0 Å². The molecule has 0 amide bonds. The number of rotatable bonds is 5. The molecule has 19 heavy (non-hydrogen) atoms. The smallest absolute Gasteiger partial charge is 0.243 e. The minimum atomic E-state index is -0.137. The van der Waals surface area contributed by atoms with Crippen LogP contribution in [0.3, 0.4) is 0 Å². The number of hydrogen-bond acceptors (Lipinski definition) is 6. The summed E-state index contributed by atoms with van der Waals surface area (Å²) in [6, 6.07) is -0.137. The van der Waals surface area contributed by atoms with Crippen molar-refractivity contribution in [1.29, 1.82) is 0 Å². The molecule has 2 N–H and O–H groups in total. The summed E-state index contributed by atoms with van der Waals surface area (Å²) >= 11 is 3.96. The van der Waals surface area contributed by atoms with Crippen LogP contribution in [0.1, 0.15) is 56.6 Å². The summed E-state index contributed by atoms with van der Waals surface area (Å²) in [7, 11) is 0. The molecule has 2 heterocycles. The number of aromatic nitrogens is 2. The predicted octanol–water partition coefficient (Wildman–Crippen LogP) is 3.42. The zero-order valence-corrected chi connectivity index (χ0v) is 13.5. The second kappa shape index (κ2) is 6.99. The van der Waals surface area contributed by atoms with Crippen LogP contribution in [0, 0.1) is 5.92 Å². The lowest BCUT2D eigenvalue weighted by Crippen LogP contribution is -2.19. The van der Waals surface area contributed by atoms with Gasteiger partial charge in [0.15, 0.2) is 5.82 Å². The van der Waals surface area contributed by atoms with E-state index in [4.69, 9.17) is 10.3 Å². The molecular weight excluding hydrogens is 278 g/mol. The highest BCUT2D eigenvalue weighted by Crippen LogP contribution is 2.43. The molecule has 0 bridgehead atoms. The lowest BCUT2D eigenvalue weighted by Gasteiger charge is -2.27. The third-order valence-corrected chi connectivity index (χ3v) is 6.45. The topological polar surface area (TPSA) is 64.9 Å². The fourth-order valence-electron chi connectivity index (χ4n) is 2.26. The van der Waals surface area contributed by atoms with Gasteiger partial charge in [-0.2, -0.15) is 16.7 Å². The van der Waals surface area contributed by atoms with Crippen LogP contribution in [-0.4, -0.2) is 26.9 Å². The van der Waals surface area contributed by atoms with Crippen molar-refractivity contribution in [2.75, 3.05) is 11.5 Å². The zero-order chi connectivity index (χ0) is 13.8. The van der Waals surface area contributed by atoms with Crippen molar-refractivity contribution in [1.82, 2.24) is 10.1 Å². The van der Waals surface area contributed by atoms with E-state index in [0.29, 0.717) is 22.3 Å². The minimum absolute atomic E-state index is 0.137. The maximum Gasteiger partial charge on any atom is 0.243 e. The van der Waals surface area contributed by atoms with Gasteiger partial charge in [0.1, 0.15) is 0 Å². The SMILES string of the molecule is CCC1SCCSC1c1noc(C(N)CC(C)C)n1. The Labute approximate surface area is 123 Å². The lowest BCUT2D eigenvalue weighted by atomic mass is 10.0. The molecule has 108 valence electrons. The fraction of sp³-hybridized carbons (Fsp3) is 0.846. The summed E-state index contributed by atoms with van der Waals surface area (Å²) in [5.74, 6) is 4.34. The van der Waals surface area contributed by atoms with Crippen LogP contribution in [-0.2, 0) is 0 Å². The number of thioether (sulfide) groups is 2. The van der Waals surface area contributed by atoms with Gasteiger partial charge in [0.25, 0.3) is 0 Å². The first kappa shape index (κ1) is 15.2. The van der Waals surface area contributed by atoms with Gasteiger partial charge in [0, 0.05) is 16.8 Å². The highest BCUT2D eigenvalue weighted by molar-refractivity contribution is 8.06. The van der Waals surface area contributed by atoms with E-state index in [-0.39, 0.29) is 6.04 Å². The molecule has 0 radical (unpaired) electrons. The summed E-state index contributed by atoms with van der Waals surface area (Å²) in [6.07, 6.45) is 2.02. The molecule has 1 aromatic heterocycles. The van der Waals surface area contributed by atoms with Crippen LogP contribution >= 0.6 is 23.5 Å². The summed E-state index contributed by atoms with van der Waals surface area (Å²) in [5.41, 5.74) is 6.10. The molecule has 0 aliphatic carbocycles. The Hall–Kier alpha value is -0.200. The van der Waals surface area contributed by atoms with Gasteiger partial charge in [-0.15, -0.1) is 11.8 Å².